The van der Waals surface area contributed by atoms with E-state index in [4.69, 9.17) is 0 Å². The highest BCUT2D eigenvalue weighted by molar-refractivity contribution is 7.90. The first-order chi connectivity index (χ1) is 9.16. The molecule has 0 radical (unpaired) electrons. The van der Waals surface area contributed by atoms with Crippen molar-refractivity contribution in [2.45, 2.75) is 24.8 Å². The minimum absolute atomic E-state index is 0.122. The van der Waals surface area contributed by atoms with E-state index in [-0.39, 0.29) is 23.5 Å². The number of aliphatic hydroxyl groups excluding tert-OH is 1. The van der Waals surface area contributed by atoms with Crippen LogP contribution in [0.4, 0.5) is 11.4 Å². The monoisotopic (exact) mass is 302 g/mol. The molecule has 8 heteroatoms. The highest BCUT2D eigenvalue weighted by Gasteiger charge is 2.23. The lowest BCUT2D eigenvalue weighted by Crippen LogP contribution is -2.29. The van der Waals surface area contributed by atoms with E-state index in [2.05, 4.69) is 5.32 Å². The second kappa shape index (κ2) is 6.19. The first-order valence-electron chi connectivity index (χ1n) is 6.02. The maximum absolute atomic E-state index is 11.6. The fourth-order valence-corrected chi connectivity index (χ4v) is 2.55. The predicted molar refractivity (Wildman–Crippen MR) is 75.5 cm³/mol. The number of sulfone groups is 1. The van der Waals surface area contributed by atoms with Crippen LogP contribution in [0.1, 0.15) is 13.8 Å². The van der Waals surface area contributed by atoms with Gasteiger partial charge in [-0.3, -0.25) is 10.1 Å². The number of nitrogens with zero attached hydrogens (tertiary/aromatic N) is 1. The van der Waals surface area contributed by atoms with Crippen LogP contribution < -0.4 is 5.32 Å². The molecule has 1 aromatic carbocycles. The van der Waals surface area contributed by atoms with Crippen LogP contribution in [-0.4, -0.2) is 37.4 Å². The fourth-order valence-electron chi connectivity index (χ4n) is 1.69. The van der Waals surface area contributed by atoms with Crippen LogP contribution in [0.25, 0.3) is 0 Å². The zero-order chi connectivity index (χ0) is 15.5. The lowest BCUT2D eigenvalue weighted by atomic mass is 10.1. The summed E-state index contributed by atoms with van der Waals surface area (Å²) < 4.78 is 23.2. The van der Waals surface area contributed by atoms with Crippen LogP contribution in [0.3, 0.4) is 0 Å². The fraction of sp³-hybridized carbons (Fsp3) is 0.500. The molecule has 0 amide bonds. The number of rotatable bonds is 6. The van der Waals surface area contributed by atoms with Gasteiger partial charge in [0.15, 0.2) is 9.84 Å². The highest BCUT2D eigenvalue weighted by atomic mass is 32.2. The molecule has 0 unspecified atom stereocenters. The lowest BCUT2D eigenvalue weighted by molar-refractivity contribution is -0.387. The van der Waals surface area contributed by atoms with Crippen molar-refractivity contribution in [3.63, 3.8) is 0 Å². The average molecular weight is 302 g/mol. The van der Waals surface area contributed by atoms with Gasteiger partial charge in [-0.25, -0.2) is 8.42 Å². The van der Waals surface area contributed by atoms with Gasteiger partial charge in [0.05, 0.1) is 17.6 Å². The Morgan fingerprint density at radius 1 is 1.40 bits per heavy atom. The summed E-state index contributed by atoms with van der Waals surface area (Å²) in [7, 11) is -3.71. The maximum atomic E-state index is 11.6. The Morgan fingerprint density at radius 2 is 2.00 bits per heavy atom. The third-order valence-corrected chi connectivity index (χ3v) is 4.04. The molecule has 0 saturated carbocycles. The topological polar surface area (TPSA) is 110 Å². The number of nitro benzene ring substituents is 1. The van der Waals surface area contributed by atoms with Gasteiger partial charge in [-0.2, -0.15) is 0 Å². The van der Waals surface area contributed by atoms with E-state index in [1.165, 1.54) is 12.1 Å². The van der Waals surface area contributed by atoms with Crippen LogP contribution in [0.15, 0.2) is 23.1 Å². The Kier molecular flexibility index (Phi) is 5.07. The lowest BCUT2D eigenvalue weighted by Gasteiger charge is -2.21. The zero-order valence-electron chi connectivity index (χ0n) is 11.5. The number of hydrogen-bond acceptors (Lipinski definition) is 6. The molecule has 0 aliphatic heterocycles. The number of benzene rings is 1. The minimum Gasteiger partial charge on any atom is -0.394 e. The standard InChI is InChI=1S/C12H18N2O5S/c1-8(2)10(7-15)13-9-4-5-11(14(16)17)12(6-9)20(3,18)19/h4-6,8,10,13,15H,7H2,1-3H3/t10-/m1/s1. The van der Waals surface area contributed by atoms with Gasteiger partial charge in [-0.05, 0) is 18.1 Å². The second-order valence-corrected chi connectivity index (χ2v) is 6.87. The van der Waals surface area contributed by atoms with Crippen LogP contribution in [0.5, 0.6) is 0 Å². The van der Waals surface area contributed by atoms with Crippen molar-refractivity contribution in [1.29, 1.82) is 0 Å². The number of nitrogens with one attached hydrogen (secondary N) is 1. The SMILES string of the molecule is CC(C)[C@@H](CO)Nc1ccc([N+](=O)[O-])c(S(C)(=O)=O)c1. The van der Waals surface area contributed by atoms with Gasteiger partial charge in [0.1, 0.15) is 4.90 Å². The molecule has 1 atom stereocenters. The van der Waals surface area contributed by atoms with Crippen LogP contribution >= 0.6 is 0 Å². The van der Waals surface area contributed by atoms with Gasteiger partial charge < -0.3 is 10.4 Å². The van der Waals surface area contributed by atoms with E-state index in [9.17, 15) is 23.6 Å². The highest BCUT2D eigenvalue weighted by Crippen LogP contribution is 2.27. The molecule has 0 fully saturated rings. The van der Waals surface area contributed by atoms with Gasteiger partial charge >= 0.3 is 0 Å². The predicted octanol–water partition coefficient (Wildman–Crippen LogP) is 1.43. The number of aliphatic hydroxyl groups is 1. The summed E-state index contributed by atoms with van der Waals surface area (Å²) in [5, 5.41) is 23.1. The van der Waals surface area contributed by atoms with Crippen LogP contribution in [0, 0.1) is 16.0 Å². The van der Waals surface area contributed by atoms with E-state index in [0.29, 0.717) is 5.69 Å². The summed E-state index contributed by atoms with van der Waals surface area (Å²) in [4.78, 5) is 9.78. The molecule has 7 nitrogen and oxygen atoms in total. The first-order valence-corrected chi connectivity index (χ1v) is 7.92. The normalized spacial score (nSPS) is 13.2. The first kappa shape index (κ1) is 16.4. The van der Waals surface area contributed by atoms with Gasteiger partial charge in [-0.15, -0.1) is 0 Å². The summed E-state index contributed by atoms with van der Waals surface area (Å²) in [5.41, 5.74) is -0.0353. The van der Waals surface area contributed by atoms with Crippen LogP contribution in [-0.2, 0) is 9.84 Å². The minimum atomic E-state index is -3.71. The molecule has 0 aromatic heterocycles. The number of anilines is 1. The number of nitro groups is 1. The van der Waals surface area contributed by atoms with Crippen molar-refractivity contribution in [3.8, 4) is 0 Å². The Labute approximate surface area is 117 Å². The summed E-state index contributed by atoms with van der Waals surface area (Å²) in [6.07, 6.45) is 0.922. The summed E-state index contributed by atoms with van der Waals surface area (Å²) in [6.45, 7) is 3.68. The van der Waals surface area contributed by atoms with Crippen molar-refractivity contribution < 1.29 is 18.4 Å². The van der Waals surface area contributed by atoms with E-state index in [1.807, 2.05) is 13.8 Å². The van der Waals surface area contributed by atoms with E-state index >= 15 is 0 Å². The zero-order valence-corrected chi connectivity index (χ0v) is 12.3. The molecule has 1 aromatic rings. The molecule has 2 N–H and O–H groups in total. The third-order valence-electron chi connectivity index (χ3n) is 2.91. The molecule has 0 saturated heterocycles. The van der Waals surface area contributed by atoms with Gasteiger partial charge in [0, 0.05) is 18.0 Å². The summed E-state index contributed by atoms with van der Waals surface area (Å²) in [5.74, 6) is 0.122. The molecule has 0 heterocycles. The largest absolute Gasteiger partial charge is 0.394 e. The van der Waals surface area contributed by atoms with Gasteiger partial charge in [0.2, 0.25) is 0 Å². The number of hydrogen-bond donors (Lipinski definition) is 2. The molecule has 1 rings (SSSR count). The van der Waals surface area contributed by atoms with E-state index in [1.54, 1.807) is 0 Å². The molecule has 112 valence electrons. The van der Waals surface area contributed by atoms with Gasteiger partial charge in [0.25, 0.3) is 5.69 Å². The van der Waals surface area contributed by atoms with Gasteiger partial charge in [-0.1, -0.05) is 13.8 Å². The molecular formula is C12H18N2O5S. The summed E-state index contributed by atoms with van der Waals surface area (Å²) in [6, 6.07) is 3.54. The van der Waals surface area contributed by atoms with Crippen LogP contribution in [0.2, 0.25) is 0 Å². The molecule has 20 heavy (non-hydrogen) atoms. The maximum Gasteiger partial charge on any atom is 0.288 e. The van der Waals surface area contributed by atoms with Crippen molar-refractivity contribution in [1.82, 2.24) is 0 Å². The Hall–Kier alpha value is -1.67. The Morgan fingerprint density at radius 3 is 2.40 bits per heavy atom. The van der Waals surface area contributed by atoms with Crippen molar-refractivity contribution in [2.75, 3.05) is 18.2 Å². The molecule has 0 spiro atoms. The average Bonchev–Trinajstić information content (AvgIpc) is 2.34. The summed E-state index contributed by atoms with van der Waals surface area (Å²) >= 11 is 0. The quantitative estimate of drug-likeness (QED) is 0.607. The molecule has 0 aliphatic carbocycles. The second-order valence-electron chi connectivity index (χ2n) is 4.89. The van der Waals surface area contributed by atoms with Crippen molar-refractivity contribution >= 4 is 21.2 Å². The molecular weight excluding hydrogens is 284 g/mol. The van der Waals surface area contributed by atoms with E-state index in [0.717, 1.165) is 12.3 Å². The Balaban J connectivity index is 3.23. The Bertz CT molecular complexity index is 598. The smallest absolute Gasteiger partial charge is 0.288 e. The van der Waals surface area contributed by atoms with Crippen molar-refractivity contribution in [2.24, 2.45) is 5.92 Å². The van der Waals surface area contributed by atoms with Crippen molar-refractivity contribution in [3.05, 3.63) is 28.3 Å². The molecule has 0 aliphatic rings. The molecule has 0 bridgehead atoms. The third kappa shape index (κ3) is 3.91. The van der Waals surface area contributed by atoms with E-state index < -0.39 is 20.4 Å².